The molecular formula is C10H13N3OS. The van der Waals surface area contributed by atoms with Crippen molar-refractivity contribution in [3.05, 3.63) is 16.1 Å². The van der Waals surface area contributed by atoms with E-state index in [9.17, 15) is 4.79 Å². The fourth-order valence-electron chi connectivity index (χ4n) is 2.31. The Morgan fingerprint density at radius 1 is 1.60 bits per heavy atom. The van der Waals surface area contributed by atoms with E-state index in [0.717, 1.165) is 36.5 Å². The van der Waals surface area contributed by atoms with Gasteiger partial charge in [-0.25, -0.2) is 4.98 Å². The SMILES string of the molecule is O=C1c2scnc2CN1[C@H]1CCCNC1. The van der Waals surface area contributed by atoms with Gasteiger partial charge in [0.15, 0.2) is 0 Å². The summed E-state index contributed by atoms with van der Waals surface area (Å²) in [5, 5.41) is 3.34. The van der Waals surface area contributed by atoms with Gasteiger partial charge in [-0.3, -0.25) is 4.79 Å². The Balaban J connectivity index is 1.80. The number of carbonyl (C=O) groups excluding carboxylic acids is 1. The average Bonchev–Trinajstić information content (AvgIpc) is 2.83. The molecule has 1 amide bonds. The van der Waals surface area contributed by atoms with Crippen molar-refractivity contribution in [2.24, 2.45) is 0 Å². The van der Waals surface area contributed by atoms with E-state index in [0.29, 0.717) is 12.6 Å². The van der Waals surface area contributed by atoms with Gasteiger partial charge in [0.2, 0.25) is 0 Å². The number of hydrogen-bond acceptors (Lipinski definition) is 4. The Kier molecular flexibility index (Phi) is 2.21. The van der Waals surface area contributed by atoms with Crippen LogP contribution in [0.2, 0.25) is 0 Å². The van der Waals surface area contributed by atoms with Crippen LogP contribution in [-0.2, 0) is 6.54 Å². The first-order valence-electron chi connectivity index (χ1n) is 5.30. The first kappa shape index (κ1) is 9.30. The van der Waals surface area contributed by atoms with Gasteiger partial charge in [-0.1, -0.05) is 0 Å². The maximum atomic E-state index is 12.0. The third-order valence-corrected chi connectivity index (χ3v) is 3.98. The highest BCUT2D eigenvalue weighted by Gasteiger charge is 2.35. The predicted molar refractivity (Wildman–Crippen MR) is 57.9 cm³/mol. The second-order valence-electron chi connectivity index (χ2n) is 4.06. The normalized spacial score (nSPS) is 25.7. The van der Waals surface area contributed by atoms with Crippen LogP contribution in [-0.4, -0.2) is 34.9 Å². The summed E-state index contributed by atoms with van der Waals surface area (Å²) in [4.78, 5) is 19.1. The lowest BCUT2D eigenvalue weighted by molar-refractivity contribution is 0.0676. The molecule has 1 atom stereocenters. The molecular weight excluding hydrogens is 210 g/mol. The quantitative estimate of drug-likeness (QED) is 0.767. The van der Waals surface area contributed by atoms with Crippen LogP contribution in [0.15, 0.2) is 5.51 Å². The number of nitrogens with one attached hydrogen (secondary N) is 1. The number of fused-ring (bicyclic) bond motifs is 1. The molecule has 80 valence electrons. The standard InChI is InChI=1S/C10H13N3OS/c14-10-9-8(12-6-15-9)5-13(10)7-2-1-3-11-4-7/h6-7,11H,1-5H2/t7-/m0/s1. The summed E-state index contributed by atoms with van der Waals surface area (Å²) in [6.45, 7) is 2.73. The Morgan fingerprint density at radius 2 is 2.53 bits per heavy atom. The molecule has 2 aliphatic rings. The number of rotatable bonds is 1. The number of piperidine rings is 1. The van der Waals surface area contributed by atoms with Gasteiger partial charge in [-0.15, -0.1) is 11.3 Å². The molecule has 3 rings (SSSR count). The van der Waals surface area contributed by atoms with E-state index in [1.54, 1.807) is 5.51 Å². The monoisotopic (exact) mass is 223 g/mol. The highest BCUT2D eigenvalue weighted by molar-refractivity contribution is 7.12. The minimum atomic E-state index is 0.182. The third kappa shape index (κ3) is 1.46. The Bertz CT molecular complexity index is 384. The van der Waals surface area contributed by atoms with Crippen molar-refractivity contribution < 1.29 is 4.79 Å². The van der Waals surface area contributed by atoms with Crippen LogP contribution in [0.1, 0.15) is 28.2 Å². The maximum Gasteiger partial charge on any atom is 0.266 e. The minimum absolute atomic E-state index is 0.182. The molecule has 1 aromatic heterocycles. The second-order valence-corrected chi connectivity index (χ2v) is 4.92. The molecule has 0 aliphatic carbocycles. The van der Waals surface area contributed by atoms with Gasteiger partial charge in [0.25, 0.3) is 5.91 Å². The molecule has 1 aromatic rings. The zero-order chi connectivity index (χ0) is 10.3. The lowest BCUT2D eigenvalue weighted by Crippen LogP contribution is -2.46. The minimum Gasteiger partial charge on any atom is -0.328 e. The topological polar surface area (TPSA) is 45.2 Å². The van der Waals surface area contributed by atoms with Gasteiger partial charge >= 0.3 is 0 Å². The number of nitrogens with zero attached hydrogens (tertiary/aromatic N) is 2. The van der Waals surface area contributed by atoms with Gasteiger partial charge in [0.05, 0.1) is 17.7 Å². The van der Waals surface area contributed by atoms with Gasteiger partial charge < -0.3 is 10.2 Å². The number of carbonyl (C=O) groups is 1. The van der Waals surface area contributed by atoms with Crippen LogP contribution >= 0.6 is 11.3 Å². The van der Waals surface area contributed by atoms with Crippen LogP contribution in [0.25, 0.3) is 0 Å². The summed E-state index contributed by atoms with van der Waals surface area (Å²) in [5.41, 5.74) is 2.73. The van der Waals surface area contributed by atoms with Crippen molar-refractivity contribution in [2.45, 2.75) is 25.4 Å². The van der Waals surface area contributed by atoms with Crippen molar-refractivity contribution in [1.29, 1.82) is 0 Å². The number of amides is 1. The Hall–Kier alpha value is -0.940. The van der Waals surface area contributed by atoms with Crippen molar-refractivity contribution in [2.75, 3.05) is 13.1 Å². The van der Waals surface area contributed by atoms with E-state index in [1.807, 2.05) is 4.90 Å². The molecule has 2 aliphatic heterocycles. The summed E-state index contributed by atoms with van der Waals surface area (Å²) in [7, 11) is 0. The molecule has 1 N–H and O–H groups in total. The fourth-order valence-corrected chi connectivity index (χ4v) is 3.07. The van der Waals surface area contributed by atoms with E-state index in [4.69, 9.17) is 0 Å². The number of thiazole rings is 1. The molecule has 4 nitrogen and oxygen atoms in total. The molecule has 1 fully saturated rings. The van der Waals surface area contributed by atoms with Crippen molar-refractivity contribution in [3.63, 3.8) is 0 Å². The first-order chi connectivity index (χ1) is 7.36. The first-order valence-corrected chi connectivity index (χ1v) is 6.18. The largest absolute Gasteiger partial charge is 0.328 e. The highest BCUT2D eigenvalue weighted by Crippen LogP contribution is 2.28. The number of hydrogen-bond donors (Lipinski definition) is 1. The molecule has 1 saturated heterocycles. The van der Waals surface area contributed by atoms with Crippen molar-refractivity contribution in [1.82, 2.24) is 15.2 Å². The van der Waals surface area contributed by atoms with Crippen molar-refractivity contribution in [3.8, 4) is 0 Å². The summed E-state index contributed by atoms with van der Waals surface area (Å²) in [5.74, 6) is 0.182. The second kappa shape index (κ2) is 3.57. The summed E-state index contributed by atoms with van der Waals surface area (Å²) >= 11 is 1.47. The summed E-state index contributed by atoms with van der Waals surface area (Å²) in [6.07, 6.45) is 2.28. The van der Waals surface area contributed by atoms with E-state index in [-0.39, 0.29) is 5.91 Å². The van der Waals surface area contributed by atoms with Crippen LogP contribution in [0.4, 0.5) is 0 Å². The van der Waals surface area contributed by atoms with Gasteiger partial charge in [0, 0.05) is 12.6 Å². The fraction of sp³-hybridized carbons (Fsp3) is 0.600. The zero-order valence-corrected chi connectivity index (χ0v) is 9.22. The predicted octanol–water partition coefficient (Wildman–Crippen LogP) is 0.851. The average molecular weight is 223 g/mol. The number of aromatic nitrogens is 1. The van der Waals surface area contributed by atoms with Gasteiger partial charge in [-0.2, -0.15) is 0 Å². The molecule has 0 saturated carbocycles. The van der Waals surface area contributed by atoms with Gasteiger partial charge in [0.1, 0.15) is 4.88 Å². The smallest absolute Gasteiger partial charge is 0.266 e. The molecule has 0 aromatic carbocycles. The third-order valence-electron chi connectivity index (χ3n) is 3.13. The lowest BCUT2D eigenvalue weighted by atomic mass is 10.1. The van der Waals surface area contributed by atoms with Crippen LogP contribution < -0.4 is 5.32 Å². The summed E-state index contributed by atoms with van der Waals surface area (Å²) < 4.78 is 0. The molecule has 0 spiro atoms. The zero-order valence-electron chi connectivity index (χ0n) is 8.40. The molecule has 0 unspecified atom stereocenters. The van der Waals surface area contributed by atoms with E-state index >= 15 is 0 Å². The van der Waals surface area contributed by atoms with Crippen molar-refractivity contribution >= 4 is 17.2 Å². The van der Waals surface area contributed by atoms with Crippen LogP contribution in [0.5, 0.6) is 0 Å². The molecule has 3 heterocycles. The Morgan fingerprint density at radius 3 is 3.27 bits per heavy atom. The van der Waals surface area contributed by atoms with Gasteiger partial charge in [-0.05, 0) is 19.4 Å². The lowest BCUT2D eigenvalue weighted by Gasteiger charge is -2.31. The van der Waals surface area contributed by atoms with Crippen LogP contribution in [0, 0.1) is 0 Å². The molecule has 0 bridgehead atoms. The molecule has 15 heavy (non-hydrogen) atoms. The van der Waals surface area contributed by atoms with E-state index in [2.05, 4.69) is 10.3 Å². The van der Waals surface area contributed by atoms with E-state index in [1.165, 1.54) is 11.3 Å². The molecule has 0 radical (unpaired) electrons. The van der Waals surface area contributed by atoms with Crippen LogP contribution in [0.3, 0.4) is 0 Å². The maximum absolute atomic E-state index is 12.0. The molecule has 5 heteroatoms. The summed E-state index contributed by atoms with van der Waals surface area (Å²) in [6, 6.07) is 0.368. The Labute approximate surface area is 92.3 Å². The highest BCUT2D eigenvalue weighted by atomic mass is 32.1. The van der Waals surface area contributed by atoms with E-state index < -0.39 is 0 Å².